The lowest BCUT2D eigenvalue weighted by molar-refractivity contribution is 0.191. The largest absolute Gasteiger partial charge is 0.490 e. The lowest BCUT2D eigenvalue weighted by atomic mass is 9.99. The van der Waals surface area contributed by atoms with Crippen molar-refractivity contribution >= 4 is 0 Å². The first-order chi connectivity index (χ1) is 7.42. The average molecular weight is 224 g/mol. The first kappa shape index (κ1) is 13.0. The number of aryl methyl sites for hydroxylation is 1. The Labute approximate surface area is 97.6 Å². The summed E-state index contributed by atoms with van der Waals surface area (Å²) < 4.78 is 19.0. The molecule has 0 saturated heterocycles. The predicted molar refractivity (Wildman–Crippen MR) is 65.3 cm³/mol. The van der Waals surface area contributed by atoms with E-state index in [4.69, 9.17) is 4.74 Å². The van der Waals surface area contributed by atoms with Gasteiger partial charge in [0.25, 0.3) is 0 Å². The molecule has 1 rings (SSSR count). The predicted octanol–water partition coefficient (Wildman–Crippen LogP) is 4.20. The summed E-state index contributed by atoms with van der Waals surface area (Å²) in [4.78, 5) is 0. The molecule has 0 fully saturated rings. The molecule has 0 aliphatic heterocycles. The lowest BCUT2D eigenvalue weighted by Gasteiger charge is -2.19. The average Bonchev–Trinajstić information content (AvgIpc) is 2.18. The molecule has 0 saturated carbocycles. The van der Waals surface area contributed by atoms with Crippen molar-refractivity contribution in [2.45, 2.75) is 40.5 Å². The van der Waals surface area contributed by atoms with Crippen LogP contribution >= 0.6 is 0 Å². The SMILES string of the molecule is CCCc1ccc(F)c(OCC(C)(C)C)c1. The molecule has 0 heterocycles. The first-order valence-corrected chi connectivity index (χ1v) is 5.83. The van der Waals surface area contributed by atoms with Gasteiger partial charge in [0.2, 0.25) is 0 Å². The van der Waals surface area contributed by atoms with Gasteiger partial charge in [0, 0.05) is 0 Å². The van der Waals surface area contributed by atoms with Gasteiger partial charge in [-0.15, -0.1) is 0 Å². The van der Waals surface area contributed by atoms with Gasteiger partial charge in [-0.1, -0.05) is 40.2 Å². The van der Waals surface area contributed by atoms with E-state index in [9.17, 15) is 4.39 Å². The number of ether oxygens (including phenoxy) is 1. The van der Waals surface area contributed by atoms with Crippen LogP contribution in [0.4, 0.5) is 4.39 Å². The summed E-state index contributed by atoms with van der Waals surface area (Å²) >= 11 is 0. The fourth-order valence-corrected chi connectivity index (χ4v) is 1.40. The molecule has 0 amide bonds. The topological polar surface area (TPSA) is 9.23 Å². The van der Waals surface area contributed by atoms with E-state index in [0.717, 1.165) is 18.4 Å². The van der Waals surface area contributed by atoms with Gasteiger partial charge < -0.3 is 4.74 Å². The van der Waals surface area contributed by atoms with Crippen molar-refractivity contribution in [1.82, 2.24) is 0 Å². The maximum absolute atomic E-state index is 13.5. The zero-order valence-electron chi connectivity index (χ0n) is 10.6. The zero-order valence-corrected chi connectivity index (χ0v) is 10.6. The molecule has 0 aliphatic rings. The number of hydrogen-bond acceptors (Lipinski definition) is 1. The summed E-state index contributed by atoms with van der Waals surface area (Å²) in [7, 11) is 0. The first-order valence-electron chi connectivity index (χ1n) is 5.83. The molecule has 1 nitrogen and oxygen atoms in total. The molecule has 0 bridgehead atoms. The number of hydrogen-bond donors (Lipinski definition) is 0. The van der Waals surface area contributed by atoms with Crippen LogP contribution in [-0.4, -0.2) is 6.61 Å². The highest BCUT2D eigenvalue weighted by atomic mass is 19.1. The second kappa shape index (κ2) is 5.33. The van der Waals surface area contributed by atoms with Crippen molar-refractivity contribution in [3.63, 3.8) is 0 Å². The van der Waals surface area contributed by atoms with Crippen LogP contribution in [0.1, 0.15) is 39.7 Å². The van der Waals surface area contributed by atoms with Gasteiger partial charge in [-0.25, -0.2) is 4.39 Å². The van der Waals surface area contributed by atoms with Crippen LogP contribution in [0.3, 0.4) is 0 Å². The maximum Gasteiger partial charge on any atom is 0.165 e. The van der Waals surface area contributed by atoms with E-state index in [1.54, 1.807) is 0 Å². The molecule has 1 aromatic rings. The number of halogens is 1. The third-order valence-electron chi connectivity index (χ3n) is 2.19. The van der Waals surface area contributed by atoms with Gasteiger partial charge in [-0.05, 0) is 29.5 Å². The summed E-state index contributed by atoms with van der Waals surface area (Å²) in [5.41, 5.74) is 1.18. The Hall–Kier alpha value is -1.05. The molecule has 0 aliphatic carbocycles. The summed E-state index contributed by atoms with van der Waals surface area (Å²) in [6.07, 6.45) is 2.02. The van der Waals surface area contributed by atoms with E-state index in [1.165, 1.54) is 6.07 Å². The number of rotatable bonds is 4. The Morgan fingerprint density at radius 2 is 1.94 bits per heavy atom. The molecular formula is C14H21FO. The van der Waals surface area contributed by atoms with Gasteiger partial charge in [-0.2, -0.15) is 0 Å². The maximum atomic E-state index is 13.5. The van der Waals surface area contributed by atoms with Crippen LogP contribution in [0.15, 0.2) is 18.2 Å². The Bertz CT molecular complexity index is 339. The van der Waals surface area contributed by atoms with Crippen molar-refractivity contribution in [3.05, 3.63) is 29.6 Å². The molecule has 0 radical (unpaired) electrons. The minimum absolute atomic E-state index is 0.0488. The summed E-state index contributed by atoms with van der Waals surface area (Å²) in [5, 5.41) is 0. The van der Waals surface area contributed by atoms with Gasteiger partial charge >= 0.3 is 0 Å². The lowest BCUT2D eigenvalue weighted by Crippen LogP contribution is -2.17. The van der Waals surface area contributed by atoms with Crippen LogP contribution in [0.5, 0.6) is 5.75 Å². The molecular weight excluding hydrogens is 203 g/mol. The Morgan fingerprint density at radius 3 is 2.50 bits per heavy atom. The van der Waals surface area contributed by atoms with Crippen molar-refractivity contribution in [1.29, 1.82) is 0 Å². The van der Waals surface area contributed by atoms with E-state index in [-0.39, 0.29) is 11.2 Å². The zero-order chi connectivity index (χ0) is 12.2. The summed E-state index contributed by atoms with van der Waals surface area (Å²) in [6.45, 7) is 8.85. The molecule has 0 spiro atoms. The fourth-order valence-electron chi connectivity index (χ4n) is 1.40. The van der Waals surface area contributed by atoms with Gasteiger partial charge in [0.1, 0.15) is 0 Å². The molecule has 16 heavy (non-hydrogen) atoms. The van der Waals surface area contributed by atoms with E-state index in [2.05, 4.69) is 27.7 Å². The van der Waals surface area contributed by atoms with Crippen molar-refractivity contribution in [2.24, 2.45) is 5.41 Å². The monoisotopic (exact) mass is 224 g/mol. The van der Waals surface area contributed by atoms with E-state index >= 15 is 0 Å². The quantitative estimate of drug-likeness (QED) is 0.744. The molecule has 0 aromatic heterocycles. The van der Waals surface area contributed by atoms with Gasteiger partial charge in [-0.3, -0.25) is 0 Å². The molecule has 0 unspecified atom stereocenters. The third-order valence-corrected chi connectivity index (χ3v) is 2.19. The minimum Gasteiger partial charge on any atom is -0.490 e. The Balaban J connectivity index is 2.74. The highest BCUT2D eigenvalue weighted by Gasteiger charge is 2.13. The van der Waals surface area contributed by atoms with Gasteiger partial charge in [0.15, 0.2) is 11.6 Å². The molecule has 0 N–H and O–H groups in total. The standard InChI is InChI=1S/C14H21FO/c1-5-6-11-7-8-12(15)13(9-11)16-10-14(2,3)4/h7-9H,5-6,10H2,1-4H3. The number of benzene rings is 1. The van der Waals surface area contributed by atoms with Crippen LogP contribution < -0.4 is 4.74 Å². The van der Waals surface area contributed by atoms with E-state index in [0.29, 0.717) is 12.4 Å². The van der Waals surface area contributed by atoms with Crippen LogP contribution in [0, 0.1) is 11.2 Å². The van der Waals surface area contributed by atoms with Crippen molar-refractivity contribution < 1.29 is 9.13 Å². The van der Waals surface area contributed by atoms with Crippen molar-refractivity contribution in [3.8, 4) is 5.75 Å². The third kappa shape index (κ3) is 4.21. The summed E-state index contributed by atoms with van der Waals surface area (Å²) in [6, 6.07) is 5.12. The van der Waals surface area contributed by atoms with Gasteiger partial charge in [0.05, 0.1) is 6.61 Å². The highest BCUT2D eigenvalue weighted by molar-refractivity contribution is 5.30. The second-order valence-corrected chi connectivity index (χ2v) is 5.36. The van der Waals surface area contributed by atoms with Crippen molar-refractivity contribution in [2.75, 3.05) is 6.61 Å². The fraction of sp³-hybridized carbons (Fsp3) is 0.571. The van der Waals surface area contributed by atoms with Crippen LogP contribution in [0.25, 0.3) is 0 Å². The molecule has 2 heteroatoms. The smallest absolute Gasteiger partial charge is 0.165 e. The van der Waals surface area contributed by atoms with Crippen LogP contribution in [-0.2, 0) is 6.42 Å². The summed E-state index contributed by atoms with van der Waals surface area (Å²) in [5.74, 6) is 0.102. The normalized spacial score (nSPS) is 11.6. The highest BCUT2D eigenvalue weighted by Crippen LogP contribution is 2.22. The second-order valence-electron chi connectivity index (χ2n) is 5.36. The Morgan fingerprint density at radius 1 is 1.25 bits per heavy atom. The minimum atomic E-state index is -0.274. The molecule has 90 valence electrons. The molecule has 1 aromatic carbocycles. The Kier molecular flexibility index (Phi) is 4.34. The van der Waals surface area contributed by atoms with E-state index in [1.807, 2.05) is 12.1 Å². The van der Waals surface area contributed by atoms with E-state index < -0.39 is 0 Å². The van der Waals surface area contributed by atoms with Crippen LogP contribution in [0.2, 0.25) is 0 Å². The molecule has 0 atom stereocenters.